The lowest BCUT2D eigenvalue weighted by atomic mass is 9.97. The summed E-state index contributed by atoms with van der Waals surface area (Å²) < 4.78 is 1.79. The number of para-hydroxylation sites is 1. The van der Waals surface area contributed by atoms with Crippen LogP contribution in [0.1, 0.15) is 65.2 Å². The number of hydrogen-bond donors (Lipinski definition) is 0. The van der Waals surface area contributed by atoms with Gasteiger partial charge in [-0.3, -0.25) is 19.1 Å². The van der Waals surface area contributed by atoms with Crippen LogP contribution >= 0.6 is 0 Å². The molecular weight excluding hydrogens is 376 g/mol. The maximum atomic E-state index is 13.0. The molecule has 0 N–H and O–H groups in total. The molecule has 6 nitrogen and oxygen atoms in total. The summed E-state index contributed by atoms with van der Waals surface area (Å²) in [5.74, 6) is 1.28. The van der Waals surface area contributed by atoms with Crippen LogP contribution in [0.5, 0.6) is 0 Å². The quantitative estimate of drug-likeness (QED) is 0.661. The molecule has 6 heteroatoms. The molecule has 30 heavy (non-hydrogen) atoms. The summed E-state index contributed by atoms with van der Waals surface area (Å²) in [6.45, 7) is 12.1. The van der Waals surface area contributed by atoms with Gasteiger partial charge in [-0.25, -0.2) is 4.98 Å². The summed E-state index contributed by atoms with van der Waals surface area (Å²) in [6.07, 6.45) is 4.15. The minimum absolute atomic E-state index is 0.0282. The Bertz CT molecular complexity index is 915. The Morgan fingerprint density at radius 3 is 2.43 bits per heavy atom. The maximum absolute atomic E-state index is 13.0. The molecule has 0 aliphatic carbocycles. The smallest absolute Gasteiger partial charge is 0.261 e. The van der Waals surface area contributed by atoms with Crippen molar-refractivity contribution in [3.8, 4) is 0 Å². The Morgan fingerprint density at radius 2 is 1.80 bits per heavy atom. The molecule has 1 saturated heterocycles. The summed E-state index contributed by atoms with van der Waals surface area (Å²) in [5, 5.41) is 0.670. The van der Waals surface area contributed by atoms with Crippen LogP contribution in [0.25, 0.3) is 10.9 Å². The van der Waals surface area contributed by atoms with Gasteiger partial charge < -0.3 is 4.90 Å². The molecule has 0 radical (unpaired) electrons. The highest BCUT2D eigenvalue weighted by Gasteiger charge is 2.29. The molecule has 3 rings (SSSR count). The highest BCUT2D eigenvalue weighted by Crippen LogP contribution is 2.23. The number of aromatic nitrogens is 2. The lowest BCUT2D eigenvalue weighted by Crippen LogP contribution is -2.51. The Balaban J connectivity index is 1.73. The van der Waals surface area contributed by atoms with Crippen molar-refractivity contribution in [1.29, 1.82) is 0 Å². The highest BCUT2D eigenvalue weighted by atomic mass is 16.2. The molecule has 1 aliphatic rings. The normalized spacial score (nSPS) is 17.3. The molecule has 0 bridgehead atoms. The lowest BCUT2D eigenvalue weighted by Gasteiger charge is -2.39. The van der Waals surface area contributed by atoms with Gasteiger partial charge in [0.15, 0.2) is 0 Å². The van der Waals surface area contributed by atoms with E-state index >= 15 is 0 Å². The Hall–Kier alpha value is -2.21. The maximum Gasteiger partial charge on any atom is 0.261 e. The highest BCUT2D eigenvalue weighted by molar-refractivity contribution is 5.79. The first-order chi connectivity index (χ1) is 14.5. The molecule has 2 aromatic rings. The van der Waals surface area contributed by atoms with Crippen molar-refractivity contribution in [3.05, 3.63) is 40.4 Å². The van der Waals surface area contributed by atoms with Crippen molar-refractivity contribution in [2.24, 2.45) is 5.92 Å². The van der Waals surface area contributed by atoms with Crippen LogP contribution in [0.3, 0.4) is 0 Å². The third kappa shape index (κ3) is 4.59. The molecule has 1 aromatic carbocycles. The molecule has 2 heterocycles. The number of nitrogens with zero attached hydrogens (tertiary/aromatic N) is 4. The number of amides is 1. The molecule has 1 aliphatic heterocycles. The van der Waals surface area contributed by atoms with Gasteiger partial charge in [0.25, 0.3) is 5.56 Å². The average Bonchev–Trinajstić information content (AvgIpc) is 2.79. The monoisotopic (exact) mass is 412 g/mol. The second-order valence-corrected chi connectivity index (χ2v) is 8.32. The van der Waals surface area contributed by atoms with Gasteiger partial charge in [-0.05, 0) is 38.8 Å². The predicted molar refractivity (Wildman–Crippen MR) is 122 cm³/mol. The molecule has 1 fully saturated rings. The van der Waals surface area contributed by atoms with Crippen LogP contribution in [0, 0.1) is 5.92 Å². The van der Waals surface area contributed by atoms with Crippen LogP contribution in [-0.2, 0) is 11.3 Å². The molecule has 164 valence electrons. The largest absolute Gasteiger partial charge is 0.340 e. The van der Waals surface area contributed by atoms with E-state index < -0.39 is 0 Å². The number of rotatable bonds is 8. The average molecular weight is 413 g/mol. The van der Waals surface area contributed by atoms with Crippen molar-refractivity contribution in [1.82, 2.24) is 19.4 Å². The number of carbonyl (C=O) groups excluding carboxylic acids is 1. The number of fused-ring (bicyclic) bond motifs is 1. The zero-order valence-corrected chi connectivity index (χ0v) is 18.9. The van der Waals surface area contributed by atoms with E-state index in [2.05, 4.69) is 25.7 Å². The van der Waals surface area contributed by atoms with Crippen molar-refractivity contribution >= 4 is 16.8 Å². The third-order valence-electron chi connectivity index (χ3n) is 6.50. The van der Waals surface area contributed by atoms with Gasteiger partial charge in [0.1, 0.15) is 5.82 Å². The fraction of sp³-hybridized carbons (Fsp3) is 0.625. The van der Waals surface area contributed by atoms with Crippen LogP contribution in [-0.4, -0.2) is 51.4 Å². The van der Waals surface area contributed by atoms with Gasteiger partial charge in [-0.2, -0.15) is 0 Å². The van der Waals surface area contributed by atoms with Gasteiger partial charge in [0.05, 0.1) is 16.9 Å². The molecule has 0 saturated carbocycles. The second kappa shape index (κ2) is 10.2. The standard InChI is InChI=1S/C24H36N4O2/c1-5-8-11-19(6-2)23(29)27-16-14-26(15-17-27)18(4)22-25-21-13-10-9-12-20(21)24(30)28(22)7-3/h9-10,12-13,18-19H,5-8,11,14-17H2,1-4H3. The lowest BCUT2D eigenvalue weighted by molar-refractivity contribution is -0.138. The third-order valence-corrected chi connectivity index (χ3v) is 6.50. The summed E-state index contributed by atoms with van der Waals surface area (Å²) in [6, 6.07) is 7.59. The second-order valence-electron chi connectivity index (χ2n) is 8.32. The van der Waals surface area contributed by atoms with Crippen molar-refractivity contribution in [3.63, 3.8) is 0 Å². The molecular formula is C24H36N4O2. The van der Waals surface area contributed by atoms with Gasteiger partial charge in [-0.1, -0.05) is 38.8 Å². The van der Waals surface area contributed by atoms with E-state index in [0.717, 1.165) is 63.2 Å². The fourth-order valence-electron chi connectivity index (χ4n) is 4.51. The van der Waals surface area contributed by atoms with Gasteiger partial charge in [0, 0.05) is 38.6 Å². The number of unbranched alkanes of at least 4 members (excludes halogenated alkanes) is 1. The minimum atomic E-state index is 0.0282. The summed E-state index contributed by atoms with van der Waals surface area (Å²) in [4.78, 5) is 35.1. The van der Waals surface area contributed by atoms with Crippen molar-refractivity contribution in [2.75, 3.05) is 26.2 Å². The zero-order chi connectivity index (χ0) is 21.7. The SMILES string of the molecule is CCCCC(CC)C(=O)N1CCN(C(C)c2nc3ccccc3c(=O)n2CC)CC1. The first kappa shape index (κ1) is 22.5. The first-order valence-corrected chi connectivity index (χ1v) is 11.5. The number of carbonyl (C=O) groups is 1. The molecule has 1 aromatic heterocycles. The summed E-state index contributed by atoms with van der Waals surface area (Å²) in [5.41, 5.74) is 0.782. The van der Waals surface area contributed by atoms with E-state index in [1.54, 1.807) is 4.57 Å². The zero-order valence-electron chi connectivity index (χ0n) is 18.9. The van der Waals surface area contributed by atoms with Crippen LogP contribution in [0.4, 0.5) is 0 Å². The van der Waals surface area contributed by atoms with Crippen LogP contribution in [0.2, 0.25) is 0 Å². The summed E-state index contributed by atoms with van der Waals surface area (Å²) >= 11 is 0. The first-order valence-electron chi connectivity index (χ1n) is 11.5. The topological polar surface area (TPSA) is 58.4 Å². The molecule has 1 amide bonds. The van der Waals surface area contributed by atoms with Crippen molar-refractivity contribution < 1.29 is 4.79 Å². The van der Waals surface area contributed by atoms with E-state index in [-0.39, 0.29) is 17.5 Å². The van der Waals surface area contributed by atoms with E-state index in [9.17, 15) is 9.59 Å². The van der Waals surface area contributed by atoms with Crippen molar-refractivity contribution in [2.45, 2.75) is 66.0 Å². The van der Waals surface area contributed by atoms with E-state index in [1.807, 2.05) is 36.1 Å². The van der Waals surface area contributed by atoms with Gasteiger partial charge >= 0.3 is 0 Å². The number of benzene rings is 1. The van der Waals surface area contributed by atoms with E-state index in [4.69, 9.17) is 4.98 Å². The summed E-state index contributed by atoms with van der Waals surface area (Å²) in [7, 11) is 0. The van der Waals surface area contributed by atoms with Gasteiger partial charge in [-0.15, -0.1) is 0 Å². The number of hydrogen-bond acceptors (Lipinski definition) is 4. The number of piperazine rings is 1. The molecule has 2 unspecified atom stereocenters. The van der Waals surface area contributed by atoms with Crippen LogP contribution in [0.15, 0.2) is 29.1 Å². The Kier molecular flexibility index (Phi) is 7.64. The Labute approximate surface area is 179 Å². The van der Waals surface area contributed by atoms with E-state index in [1.165, 1.54) is 0 Å². The fourth-order valence-corrected chi connectivity index (χ4v) is 4.51. The minimum Gasteiger partial charge on any atom is -0.340 e. The molecule has 0 spiro atoms. The Morgan fingerprint density at radius 1 is 1.10 bits per heavy atom. The van der Waals surface area contributed by atoms with Gasteiger partial charge in [0.2, 0.25) is 5.91 Å². The van der Waals surface area contributed by atoms with E-state index in [0.29, 0.717) is 17.8 Å². The molecule has 2 atom stereocenters. The predicted octanol–water partition coefficient (Wildman–Crippen LogP) is 3.84. The van der Waals surface area contributed by atoms with Crippen LogP contribution < -0.4 is 5.56 Å².